The topological polar surface area (TPSA) is 37.8 Å². The number of hydrogen-bond acceptors (Lipinski definition) is 3. The highest BCUT2D eigenvalue weighted by Crippen LogP contribution is 2.27. The highest BCUT2D eigenvalue weighted by atomic mass is 35.5. The van der Waals surface area contributed by atoms with E-state index in [9.17, 15) is 0 Å². The van der Waals surface area contributed by atoms with Crippen LogP contribution < -0.4 is 5.32 Å². The lowest BCUT2D eigenvalue weighted by Gasteiger charge is -2.04. The summed E-state index contributed by atoms with van der Waals surface area (Å²) >= 11 is 11.8. The zero-order chi connectivity index (χ0) is 11.5. The Balaban J connectivity index is 2.46. The number of aromatic nitrogens is 2. The van der Waals surface area contributed by atoms with Gasteiger partial charge in [0.2, 0.25) is 0 Å². The Morgan fingerprint density at radius 2 is 1.94 bits per heavy atom. The second-order valence-corrected chi connectivity index (χ2v) is 3.98. The molecule has 1 heterocycles. The fourth-order valence-corrected chi connectivity index (χ4v) is 1.58. The van der Waals surface area contributed by atoms with Gasteiger partial charge in [0.1, 0.15) is 5.82 Å². The average Bonchev–Trinajstić information content (AvgIpc) is 2.33. The quantitative estimate of drug-likeness (QED) is 0.891. The molecule has 16 heavy (non-hydrogen) atoms. The van der Waals surface area contributed by atoms with Crippen molar-refractivity contribution in [2.75, 3.05) is 12.4 Å². The minimum atomic E-state index is 0.510. The summed E-state index contributed by atoms with van der Waals surface area (Å²) < 4.78 is 0. The van der Waals surface area contributed by atoms with Crippen molar-refractivity contribution in [2.24, 2.45) is 0 Å². The van der Waals surface area contributed by atoms with Gasteiger partial charge in [-0.25, -0.2) is 4.98 Å². The molecule has 0 aliphatic rings. The summed E-state index contributed by atoms with van der Waals surface area (Å²) in [5.41, 5.74) is 1.64. The number of benzene rings is 1. The third-order valence-electron chi connectivity index (χ3n) is 2.11. The summed E-state index contributed by atoms with van der Waals surface area (Å²) in [4.78, 5) is 8.44. The van der Waals surface area contributed by atoms with Crippen molar-refractivity contribution >= 4 is 29.0 Å². The van der Waals surface area contributed by atoms with Crippen molar-refractivity contribution in [1.82, 2.24) is 9.97 Å². The molecule has 1 aromatic heterocycles. The fraction of sp³-hybridized carbons (Fsp3) is 0.0909. The van der Waals surface area contributed by atoms with Gasteiger partial charge in [-0.3, -0.25) is 4.98 Å². The normalized spacial score (nSPS) is 10.2. The van der Waals surface area contributed by atoms with E-state index in [4.69, 9.17) is 23.2 Å². The maximum absolute atomic E-state index is 5.94. The highest BCUT2D eigenvalue weighted by molar-refractivity contribution is 6.42. The molecule has 0 spiro atoms. The van der Waals surface area contributed by atoms with E-state index in [0.717, 1.165) is 11.3 Å². The van der Waals surface area contributed by atoms with Crippen LogP contribution in [0.2, 0.25) is 10.0 Å². The third kappa shape index (κ3) is 2.26. The van der Waals surface area contributed by atoms with Crippen LogP contribution in [0.25, 0.3) is 11.3 Å². The number of nitrogens with zero attached hydrogens (tertiary/aromatic N) is 2. The van der Waals surface area contributed by atoms with Gasteiger partial charge in [-0.1, -0.05) is 29.3 Å². The molecule has 0 fully saturated rings. The Hall–Kier alpha value is -1.32. The lowest BCUT2D eigenvalue weighted by Crippen LogP contribution is -1.94. The minimum Gasteiger partial charge on any atom is -0.372 e. The van der Waals surface area contributed by atoms with E-state index in [1.165, 1.54) is 0 Å². The second-order valence-electron chi connectivity index (χ2n) is 3.17. The summed E-state index contributed by atoms with van der Waals surface area (Å²) in [7, 11) is 1.79. The van der Waals surface area contributed by atoms with Crippen molar-refractivity contribution in [3.63, 3.8) is 0 Å². The van der Waals surface area contributed by atoms with E-state index in [0.29, 0.717) is 15.9 Å². The summed E-state index contributed by atoms with van der Waals surface area (Å²) in [5, 5.41) is 3.97. The number of hydrogen-bond donors (Lipinski definition) is 1. The first-order chi connectivity index (χ1) is 7.70. The highest BCUT2D eigenvalue weighted by Gasteiger charge is 2.04. The smallest absolute Gasteiger partial charge is 0.144 e. The van der Waals surface area contributed by atoms with Crippen molar-refractivity contribution in [3.8, 4) is 11.3 Å². The van der Waals surface area contributed by atoms with Gasteiger partial charge >= 0.3 is 0 Å². The maximum atomic E-state index is 5.94. The molecule has 1 aromatic carbocycles. The second kappa shape index (κ2) is 4.68. The molecule has 0 amide bonds. The number of anilines is 1. The standard InChI is InChI=1S/C11H9Cl2N3/c1-14-11-6-15-5-10(16-11)7-2-3-8(12)9(13)4-7/h2-6H,1H3,(H,14,16). The predicted molar refractivity (Wildman–Crippen MR) is 67.0 cm³/mol. The van der Waals surface area contributed by atoms with E-state index in [2.05, 4.69) is 15.3 Å². The van der Waals surface area contributed by atoms with Gasteiger partial charge < -0.3 is 5.32 Å². The van der Waals surface area contributed by atoms with Crippen LogP contribution >= 0.6 is 23.2 Å². The van der Waals surface area contributed by atoms with Crippen LogP contribution in [-0.2, 0) is 0 Å². The van der Waals surface area contributed by atoms with Crippen LogP contribution in [0.5, 0.6) is 0 Å². The van der Waals surface area contributed by atoms with Gasteiger partial charge in [0.25, 0.3) is 0 Å². The van der Waals surface area contributed by atoms with E-state index < -0.39 is 0 Å². The van der Waals surface area contributed by atoms with Gasteiger partial charge in [-0.15, -0.1) is 0 Å². The molecule has 2 aromatic rings. The van der Waals surface area contributed by atoms with Gasteiger partial charge in [-0.05, 0) is 12.1 Å². The molecule has 0 bridgehead atoms. The molecule has 2 rings (SSSR count). The fourth-order valence-electron chi connectivity index (χ4n) is 1.28. The van der Waals surface area contributed by atoms with Crippen molar-refractivity contribution in [1.29, 1.82) is 0 Å². The van der Waals surface area contributed by atoms with Crippen LogP contribution in [0.15, 0.2) is 30.6 Å². The van der Waals surface area contributed by atoms with Gasteiger partial charge in [0, 0.05) is 12.6 Å². The van der Waals surface area contributed by atoms with Crippen molar-refractivity contribution < 1.29 is 0 Å². The van der Waals surface area contributed by atoms with Crippen LogP contribution in [0.3, 0.4) is 0 Å². The average molecular weight is 254 g/mol. The maximum Gasteiger partial charge on any atom is 0.144 e. The Labute approximate surface area is 103 Å². The molecule has 0 aliphatic heterocycles. The minimum absolute atomic E-state index is 0.510. The van der Waals surface area contributed by atoms with Crippen LogP contribution in [0, 0.1) is 0 Å². The van der Waals surface area contributed by atoms with Crippen molar-refractivity contribution in [3.05, 3.63) is 40.6 Å². The molecular formula is C11H9Cl2N3. The third-order valence-corrected chi connectivity index (χ3v) is 2.85. The first-order valence-electron chi connectivity index (χ1n) is 4.66. The zero-order valence-electron chi connectivity index (χ0n) is 8.54. The molecule has 0 saturated carbocycles. The summed E-state index contributed by atoms with van der Waals surface area (Å²) in [6.07, 6.45) is 3.33. The molecular weight excluding hydrogens is 245 g/mol. The molecule has 1 N–H and O–H groups in total. The van der Waals surface area contributed by atoms with Crippen LogP contribution in [0.1, 0.15) is 0 Å². The largest absolute Gasteiger partial charge is 0.372 e. The lowest BCUT2D eigenvalue weighted by molar-refractivity contribution is 1.19. The number of rotatable bonds is 2. The monoisotopic (exact) mass is 253 g/mol. The first-order valence-corrected chi connectivity index (χ1v) is 5.41. The van der Waals surface area contributed by atoms with E-state index in [1.54, 1.807) is 31.6 Å². The van der Waals surface area contributed by atoms with Gasteiger partial charge in [0.15, 0.2) is 0 Å². The Morgan fingerprint density at radius 3 is 2.62 bits per heavy atom. The summed E-state index contributed by atoms with van der Waals surface area (Å²) in [6, 6.07) is 5.37. The molecule has 3 nitrogen and oxygen atoms in total. The number of halogens is 2. The first kappa shape index (κ1) is 11.2. The Kier molecular flexibility index (Phi) is 3.27. The lowest BCUT2D eigenvalue weighted by atomic mass is 10.2. The molecule has 0 unspecified atom stereocenters. The molecule has 0 aliphatic carbocycles. The van der Waals surface area contributed by atoms with Gasteiger partial charge in [-0.2, -0.15) is 0 Å². The summed E-state index contributed by atoms with van der Waals surface area (Å²) in [6.45, 7) is 0. The van der Waals surface area contributed by atoms with E-state index in [1.807, 2.05) is 6.07 Å². The predicted octanol–water partition coefficient (Wildman–Crippen LogP) is 3.49. The van der Waals surface area contributed by atoms with Crippen LogP contribution in [0.4, 0.5) is 5.82 Å². The van der Waals surface area contributed by atoms with Crippen LogP contribution in [-0.4, -0.2) is 17.0 Å². The number of nitrogens with one attached hydrogen (secondary N) is 1. The van der Waals surface area contributed by atoms with E-state index in [-0.39, 0.29) is 0 Å². The summed E-state index contributed by atoms with van der Waals surface area (Å²) in [5.74, 6) is 0.712. The molecule has 0 radical (unpaired) electrons. The SMILES string of the molecule is CNc1cncc(-c2ccc(Cl)c(Cl)c2)n1. The van der Waals surface area contributed by atoms with Crippen molar-refractivity contribution in [2.45, 2.75) is 0 Å². The molecule has 0 saturated heterocycles. The molecule has 82 valence electrons. The Bertz CT molecular complexity index is 514. The molecule has 0 atom stereocenters. The van der Waals surface area contributed by atoms with Gasteiger partial charge in [0.05, 0.1) is 28.1 Å². The Morgan fingerprint density at radius 1 is 1.12 bits per heavy atom. The molecule has 5 heteroatoms. The zero-order valence-corrected chi connectivity index (χ0v) is 10.0. The van der Waals surface area contributed by atoms with E-state index >= 15 is 0 Å².